The number of carbonyl (C=O) groups excluding carboxylic acids is 1. The smallest absolute Gasteiger partial charge is 0.242 e. The first-order valence-electron chi connectivity index (χ1n) is 5.58. The third kappa shape index (κ3) is 7.53. The molecule has 0 aromatic carbocycles. The van der Waals surface area contributed by atoms with E-state index >= 15 is 0 Å². The summed E-state index contributed by atoms with van der Waals surface area (Å²) in [5.74, 6) is 5.56. The van der Waals surface area contributed by atoms with Crippen LogP contribution in [0.3, 0.4) is 0 Å². The van der Waals surface area contributed by atoms with Gasteiger partial charge in [-0.3, -0.25) is 10.2 Å². The number of hydrazine groups is 1. The highest BCUT2D eigenvalue weighted by molar-refractivity contribution is 5.88. The minimum atomic E-state index is -0.408. The van der Waals surface area contributed by atoms with Gasteiger partial charge in [0.1, 0.15) is 6.04 Å². The maximum Gasteiger partial charge on any atom is 0.242 e. The summed E-state index contributed by atoms with van der Waals surface area (Å²) in [6.45, 7) is 6.51. The van der Waals surface area contributed by atoms with Crippen LogP contribution in [0.2, 0.25) is 0 Å². The van der Waals surface area contributed by atoms with E-state index in [1.165, 1.54) is 0 Å². The van der Waals surface area contributed by atoms with E-state index in [9.17, 15) is 4.79 Å². The third-order valence-electron chi connectivity index (χ3n) is 1.88. The number of nitrogens with one attached hydrogen (secondary N) is 3. The van der Waals surface area contributed by atoms with E-state index in [1.807, 2.05) is 13.8 Å². The molecule has 7 nitrogen and oxygen atoms in total. The van der Waals surface area contributed by atoms with Crippen LogP contribution in [0.25, 0.3) is 0 Å². The number of nitrogens with two attached hydrogens (primary N) is 1. The molecule has 0 aliphatic carbocycles. The van der Waals surface area contributed by atoms with Gasteiger partial charge in [0.15, 0.2) is 0 Å². The van der Waals surface area contributed by atoms with Crippen molar-refractivity contribution in [3.63, 3.8) is 0 Å². The molecule has 0 spiro atoms. The molecule has 0 aliphatic rings. The molecule has 0 aromatic rings. The Balaban J connectivity index is 4.17. The summed E-state index contributed by atoms with van der Waals surface area (Å²) < 4.78 is 4.86. The lowest BCUT2D eigenvalue weighted by molar-refractivity contribution is -0.122. The molecule has 0 aromatic heterocycles. The largest absolute Gasteiger partial charge is 0.383 e. The van der Waals surface area contributed by atoms with Crippen LogP contribution in [0.15, 0.2) is 4.99 Å². The van der Waals surface area contributed by atoms with Crippen LogP contribution in [-0.4, -0.2) is 44.2 Å². The van der Waals surface area contributed by atoms with Gasteiger partial charge in [0.25, 0.3) is 0 Å². The summed E-state index contributed by atoms with van der Waals surface area (Å²) in [6.07, 6.45) is 0. The summed E-state index contributed by atoms with van der Waals surface area (Å²) in [6, 6.07) is -0.304. The predicted octanol–water partition coefficient (Wildman–Crippen LogP) is -1.05. The summed E-state index contributed by atoms with van der Waals surface area (Å²) in [5.41, 5.74) is 2.40. The second-order valence-corrected chi connectivity index (χ2v) is 3.90. The Morgan fingerprint density at radius 2 is 2.00 bits per heavy atom. The Morgan fingerprint density at radius 1 is 1.35 bits per heavy atom. The van der Waals surface area contributed by atoms with Crippen molar-refractivity contribution in [2.75, 3.05) is 20.3 Å². The van der Waals surface area contributed by atoms with Gasteiger partial charge in [-0.25, -0.2) is 10.8 Å². The Kier molecular flexibility index (Phi) is 8.08. The van der Waals surface area contributed by atoms with Gasteiger partial charge in [0.05, 0.1) is 13.2 Å². The molecular weight excluding hydrogens is 222 g/mol. The number of nitrogens with zero attached hydrogens (tertiary/aromatic N) is 1. The average Bonchev–Trinajstić information content (AvgIpc) is 2.26. The lowest BCUT2D eigenvalue weighted by Gasteiger charge is -2.17. The van der Waals surface area contributed by atoms with Gasteiger partial charge in [0, 0.05) is 13.2 Å². The molecule has 17 heavy (non-hydrogen) atoms. The predicted molar refractivity (Wildman–Crippen MR) is 67.4 cm³/mol. The zero-order valence-corrected chi connectivity index (χ0v) is 10.9. The van der Waals surface area contributed by atoms with Crippen molar-refractivity contribution in [1.29, 1.82) is 0 Å². The lowest BCUT2D eigenvalue weighted by Crippen LogP contribution is -2.52. The third-order valence-corrected chi connectivity index (χ3v) is 1.88. The molecule has 5 N–H and O–H groups in total. The maximum absolute atomic E-state index is 11.6. The molecule has 1 unspecified atom stereocenters. The van der Waals surface area contributed by atoms with E-state index in [1.54, 1.807) is 14.0 Å². The number of ether oxygens (including phenoxy) is 1. The van der Waals surface area contributed by atoms with Crippen LogP contribution in [0.5, 0.6) is 0 Å². The second-order valence-electron chi connectivity index (χ2n) is 3.90. The number of rotatable bonds is 6. The first-order valence-corrected chi connectivity index (χ1v) is 5.58. The van der Waals surface area contributed by atoms with Gasteiger partial charge in [-0.2, -0.15) is 0 Å². The second kappa shape index (κ2) is 8.77. The monoisotopic (exact) mass is 245 g/mol. The van der Waals surface area contributed by atoms with Crippen LogP contribution in [0.1, 0.15) is 20.8 Å². The Hall–Kier alpha value is -1.34. The van der Waals surface area contributed by atoms with Gasteiger partial charge in [0.2, 0.25) is 11.9 Å². The van der Waals surface area contributed by atoms with Crippen molar-refractivity contribution >= 4 is 11.9 Å². The van der Waals surface area contributed by atoms with E-state index in [2.05, 4.69) is 21.1 Å². The number of methoxy groups -OCH3 is 1. The SMILES string of the molecule is COCCN=C(NN)NC(C)C(=O)NC(C)C. The summed E-state index contributed by atoms with van der Waals surface area (Å²) in [7, 11) is 1.59. The molecule has 0 rings (SSSR count). The maximum atomic E-state index is 11.6. The molecule has 0 fully saturated rings. The molecule has 0 radical (unpaired) electrons. The number of guanidine groups is 1. The zero-order valence-electron chi connectivity index (χ0n) is 10.9. The Bertz CT molecular complexity index is 255. The van der Waals surface area contributed by atoms with Crippen molar-refractivity contribution in [2.24, 2.45) is 10.8 Å². The highest BCUT2D eigenvalue weighted by atomic mass is 16.5. The van der Waals surface area contributed by atoms with Crippen LogP contribution >= 0.6 is 0 Å². The fourth-order valence-electron chi connectivity index (χ4n) is 1.06. The molecule has 0 bridgehead atoms. The molecular formula is C10H23N5O2. The molecule has 0 heterocycles. The van der Waals surface area contributed by atoms with E-state index in [-0.39, 0.29) is 11.9 Å². The van der Waals surface area contributed by atoms with Crippen LogP contribution < -0.4 is 21.9 Å². The first kappa shape index (κ1) is 15.7. The molecule has 0 saturated carbocycles. The van der Waals surface area contributed by atoms with Gasteiger partial charge in [-0.05, 0) is 20.8 Å². The van der Waals surface area contributed by atoms with Crippen LogP contribution in [-0.2, 0) is 9.53 Å². The van der Waals surface area contributed by atoms with Gasteiger partial charge >= 0.3 is 0 Å². The van der Waals surface area contributed by atoms with Crippen molar-refractivity contribution in [2.45, 2.75) is 32.9 Å². The minimum absolute atomic E-state index is 0.102. The number of hydrogen-bond donors (Lipinski definition) is 4. The van der Waals surface area contributed by atoms with Gasteiger partial charge < -0.3 is 15.4 Å². The highest BCUT2D eigenvalue weighted by Crippen LogP contribution is 1.86. The Morgan fingerprint density at radius 3 is 2.47 bits per heavy atom. The fourth-order valence-corrected chi connectivity index (χ4v) is 1.06. The lowest BCUT2D eigenvalue weighted by atomic mass is 10.3. The summed E-state index contributed by atoms with van der Waals surface area (Å²) in [5, 5.41) is 5.67. The van der Waals surface area contributed by atoms with Crippen LogP contribution in [0, 0.1) is 0 Å². The van der Waals surface area contributed by atoms with Gasteiger partial charge in [-0.15, -0.1) is 0 Å². The van der Waals surface area contributed by atoms with E-state index in [4.69, 9.17) is 10.6 Å². The highest BCUT2D eigenvalue weighted by Gasteiger charge is 2.14. The molecule has 1 atom stereocenters. The molecule has 1 amide bonds. The molecule has 0 aliphatic heterocycles. The van der Waals surface area contributed by atoms with Crippen molar-refractivity contribution in [1.82, 2.24) is 16.1 Å². The summed E-state index contributed by atoms with van der Waals surface area (Å²) in [4.78, 5) is 15.7. The molecule has 0 saturated heterocycles. The fraction of sp³-hybridized carbons (Fsp3) is 0.800. The number of amides is 1. The van der Waals surface area contributed by atoms with E-state index in [0.717, 1.165) is 0 Å². The van der Waals surface area contributed by atoms with Crippen molar-refractivity contribution < 1.29 is 9.53 Å². The number of carbonyl (C=O) groups is 1. The standard InChI is InChI=1S/C10H23N5O2/c1-7(2)13-9(16)8(3)14-10(15-11)12-5-6-17-4/h7-8H,5-6,11H2,1-4H3,(H,13,16)(H2,12,14,15). The first-order chi connectivity index (χ1) is 8.01. The van der Waals surface area contributed by atoms with Crippen molar-refractivity contribution in [3.05, 3.63) is 0 Å². The normalized spacial score (nSPS) is 13.4. The molecule has 7 heteroatoms. The Labute approximate surface area is 102 Å². The number of hydrogen-bond acceptors (Lipinski definition) is 4. The minimum Gasteiger partial charge on any atom is -0.383 e. The van der Waals surface area contributed by atoms with E-state index < -0.39 is 6.04 Å². The zero-order chi connectivity index (χ0) is 13.3. The average molecular weight is 245 g/mol. The quantitative estimate of drug-likeness (QED) is 0.157. The molecule has 100 valence electrons. The summed E-state index contributed by atoms with van der Waals surface area (Å²) >= 11 is 0. The van der Waals surface area contributed by atoms with Crippen molar-refractivity contribution in [3.8, 4) is 0 Å². The number of aliphatic imine (C=N–C) groups is 1. The van der Waals surface area contributed by atoms with Crippen LogP contribution in [0.4, 0.5) is 0 Å². The van der Waals surface area contributed by atoms with Gasteiger partial charge in [-0.1, -0.05) is 0 Å². The van der Waals surface area contributed by atoms with E-state index in [0.29, 0.717) is 19.1 Å². The topological polar surface area (TPSA) is 101 Å².